The number of benzene rings is 2. The molecule has 0 saturated carbocycles. The predicted octanol–water partition coefficient (Wildman–Crippen LogP) is 3.02. The number of nitrogens with zero attached hydrogens (tertiary/aromatic N) is 1. The predicted molar refractivity (Wildman–Crippen MR) is 70.6 cm³/mol. The number of carbonyl (C=O) groups is 1. The molecule has 0 atom stereocenters. The molecule has 0 radical (unpaired) electrons. The lowest BCUT2D eigenvalue weighted by molar-refractivity contribution is -0.136. The number of pyridine rings is 1. The topological polar surface area (TPSA) is 50.2 Å². The van der Waals surface area contributed by atoms with Gasteiger partial charge in [-0.3, -0.25) is 4.79 Å². The standard InChI is InChI=1S/C15H11NO2/c17-15(18)9-12-10-5-1-3-7-13(10)16-14-8-4-2-6-11(12)14/h1-8H,9H2,(H,17,18). The third kappa shape index (κ3) is 1.70. The van der Waals surface area contributed by atoms with Crippen LogP contribution in [0.2, 0.25) is 0 Å². The smallest absolute Gasteiger partial charge is 0.307 e. The van der Waals surface area contributed by atoms with Crippen molar-refractivity contribution in [1.82, 2.24) is 4.98 Å². The molecule has 3 nitrogen and oxygen atoms in total. The molecule has 0 spiro atoms. The van der Waals surface area contributed by atoms with Crippen LogP contribution in [-0.2, 0) is 11.2 Å². The van der Waals surface area contributed by atoms with Crippen molar-refractivity contribution in [2.24, 2.45) is 0 Å². The molecule has 0 aliphatic rings. The molecule has 0 bridgehead atoms. The number of carboxylic acid groups (broad SMARTS) is 1. The zero-order chi connectivity index (χ0) is 12.5. The molecule has 3 heteroatoms. The fourth-order valence-electron chi connectivity index (χ4n) is 2.27. The highest BCUT2D eigenvalue weighted by atomic mass is 16.4. The van der Waals surface area contributed by atoms with E-state index in [0.717, 1.165) is 27.4 Å². The molecular weight excluding hydrogens is 226 g/mol. The zero-order valence-corrected chi connectivity index (χ0v) is 9.63. The Balaban J connectivity index is 2.45. The van der Waals surface area contributed by atoms with Crippen LogP contribution in [0.15, 0.2) is 48.5 Å². The number of aromatic nitrogens is 1. The third-order valence-electron chi connectivity index (χ3n) is 3.03. The first kappa shape index (κ1) is 10.7. The number of carboxylic acids is 1. The molecular formula is C15H11NO2. The fourth-order valence-corrected chi connectivity index (χ4v) is 2.27. The van der Waals surface area contributed by atoms with Gasteiger partial charge in [-0.25, -0.2) is 4.98 Å². The first-order valence-electron chi connectivity index (χ1n) is 5.74. The maximum atomic E-state index is 11.0. The van der Waals surface area contributed by atoms with E-state index in [1.807, 2.05) is 48.5 Å². The summed E-state index contributed by atoms with van der Waals surface area (Å²) in [5.74, 6) is -0.823. The summed E-state index contributed by atoms with van der Waals surface area (Å²) in [6.45, 7) is 0. The zero-order valence-electron chi connectivity index (χ0n) is 9.63. The van der Waals surface area contributed by atoms with Crippen LogP contribution < -0.4 is 0 Å². The molecule has 88 valence electrons. The van der Waals surface area contributed by atoms with E-state index in [-0.39, 0.29) is 6.42 Å². The highest BCUT2D eigenvalue weighted by Crippen LogP contribution is 2.26. The van der Waals surface area contributed by atoms with Gasteiger partial charge in [0.1, 0.15) is 0 Å². The molecule has 1 aromatic heterocycles. The van der Waals surface area contributed by atoms with Crippen LogP contribution >= 0.6 is 0 Å². The lowest BCUT2D eigenvalue weighted by atomic mass is 10.0. The van der Waals surface area contributed by atoms with Crippen LogP contribution in [0, 0.1) is 0 Å². The summed E-state index contributed by atoms with van der Waals surface area (Å²) in [7, 11) is 0. The third-order valence-corrected chi connectivity index (χ3v) is 3.03. The number of fused-ring (bicyclic) bond motifs is 2. The van der Waals surface area contributed by atoms with Gasteiger partial charge in [0, 0.05) is 10.8 Å². The normalized spacial score (nSPS) is 10.9. The van der Waals surface area contributed by atoms with E-state index in [2.05, 4.69) is 4.98 Å². The van der Waals surface area contributed by atoms with E-state index in [1.54, 1.807) is 0 Å². The van der Waals surface area contributed by atoms with E-state index in [4.69, 9.17) is 5.11 Å². The lowest BCUT2D eigenvalue weighted by Gasteiger charge is -2.08. The summed E-state index contributed by atoms with van der Waals surface area (Å²) in [4.78, 5) is 15.6. The molecule has 1 heterocycles. The van der Waals surface area contributed by atoms with Crippen molar-refractivity contribution in [3.8, 4) is 0 Å². The van der Waals surface area contributed by atoms with Gasteiger partial charge in [0.05, 0.1) is 17.5 Å². The molecule has 2 aromatic carbocycles. The van der Waals surface area contributed by atoms with Crippen LogP contribution in [0.4, 0.5) is 0 Å². The average Bonchev–Trinajstić information content (AvgIpc) is 2.38. The summed E-state index contributed by atoms with van der Waals surface area (Å²) in [6, 6.07) is 15.3. The Morgan fingerprint density at radius 2 is 1.44 bits per heavy atom. The summed E-state index contributed by atoms with van der Waals surface area (Å²) < 4.78 is 0. The number of para-hydroxylation sites is 2. The van der Waals surface area contributed by atoms with Crippen molar-refractivity contribution in [1.29, 1.82) is 0 Å². The number of hydrogen-bond acceptors (Lipinski definition) is 2. The number of hydrogen-bond donors (Lipinski definition) is 1. The maximum absolute atomic E-state index is 11.0. The highest BCUT2D eigenvalue weighted by molar-refractivity contribution is 5.99. The molecule has 0 aliphatic heterocycles. The first-order valence-corrected chi connectivity index (χ1v) is 5.74. The second-order valence-electron chi connectivity index (χ2n) is 4.20. The largest absolute Gasteiger partial charge is 0.481 e. The van der Waals surface area contributed by atoms with Gasteiger partial charge in [-0.1, -0.05) is 36.4 Å². The monoisotopic (exact) mass is 237 g/mol. The minimum Gasteiger partial charge on any atom is -0.481 e. The van der Waals surface area contributed by atoms with Crippen molar-refractivity contribution in [2.45, 2.75) is 6.42 Å². The van der Waals surface area contributed by atoms with Crippen LogP contribution in [0.1, 0.15) is 5.56 Å². The Labute approximate surface area is 104 Å². The Bertz CT molecular complexity index is 696. The van der Waals surface area contributed by atoms with Gasteiger partial charge in [-0.05, 0) is 17.7 Å². The van der Waals surface area contributed by atoms with E-state index in [0.29, 0.717) is 0 Å². The average molecular weight is 237 g/mol. The van der Waals surface area contributed by atoms with Gasteiger partial charge < -0.3 is 5.11 Å². The molecule has 18 heavy (non-hydrogen) atoms. The molecule has 0 saturated heterocycles. The Morgan fingerprint density at radius 1 is 0.944 bits per heavy atom. The van der Waals surface area contributed by atoms with Crippen molar-refractivity contribution in [3.63, 3.8) is 0 Å². The minimum absolute atomic E-state index is 0.0174. The quantitative estimate of drug-likeness (QED) is 0.697. The van der Waals surface area contributed by atoms with Crippen LogP contribution in [0.3, 0.4) is 0 Å². The van der Waals surface area contributed by atoms with Crippen molar-refractivity contribution >= 4 is 27.8 Å². The second-order valence-corrected chi connectivity index (χ2v) is 4.20. The summed E-state index contributed by atoms with van der Waals surface area (Å²) in [5.41, 5.74) is 2.52. The van der Waals surface area contributed by atoms with E-state index in [1.165, 1.54) is 0 Å². The molecule has 3 rings (SSSR count). The Hall–Kier alpha value is -2.42. The summed E-state index contributed by atoms with van der Waals surface area (Å²) >= 11 is 0. The van der Waals surface area contributed by atoms with E-state index < -0.39 is 5.97 Å². The van der Waals surface area contributed by atoms with Crippen LogP contribution in [-0.4, -0.2) is 16.1 Å². The molecule has 0 unspecified atom stereocenters. The van der Waals surface area contributed by atoms with Gasteiger partial charge in [0.15, 0.2) is 0 Å². The van der Waals surface area contributed by atoms with Gasteiger partial charge in [0.25, 0.3) is 0 Å². The van der Waals surface area contributed by atoms with Gasteiger partial charge >= 0.3 is 5.97 Å². The second kappa shape index (κ2) is 4.11. The maximum Gasteiger partial charge on any atom is 0.307 e. The van der Waals surface area contributed by atoms with E-state index in [9.17, 15) is 4.79 Å². The van der Waals surface area contributed by atoms with Crippen molar-refractivity contribution in [2.75, 3.05) is 0 Å². The molecule has 0 amide bonds. The molecule has 0 aliphatic carbocycles. The van der Waals surface area contributed by atoms with Gasteiger partial charge in [0.2, 0.25) is 0 Å². The van der Waals surface area contributed by atoms with E-state index >= 15 is 0 Å². The highest BCUT2D eigenvalue weighted by Gasteiger charge is 2.11. The summed E-state index contributed by atoms with van der Waals surface area (Å²) in [6.07, 6.45) is 0.0174. The van der Waals surface area contributed by atoms with Crippen LogP contribution in [0.5, 0.6) is 0 Å². The van der Waals surface area contributed by atoms with Crippen LogP contribution in [0.25, 0.3) is 21.8 Å². The first-order chi connectivity index (χ1) is 8.75. The minimum atomic E-state index is -0.823. The Morgan fingerprint density at radius 3 is 1.94 bits per heavy atom. The van der Waals surface area contributed by atoms with Gasteiger partial charge in [-0.15, -0.1) is 0 Å². The lowest BCUT2D eigenvalue weighted by Crippen LogP contribution is -2.02. The SMILES string of the molecule is O=C(O)Cc1c2ccccc2nc2ccccc12. The molecule has 0 fully saturated rings. The van der Waals surface area contributed by atoms with Crippen molar-refractivity contribution in [3.05, 3.63) is 54.1 Å². The molecule has 1 N–H and O–H groups in total. The van der Waals surface area contributed by atoms with Gasteiger partial charge in [-0.2, -0.15) is 0 Å². The Kier molecular flexibility index (Phi) is 2.45. The summed E-state index contributed by atoms with van der Waals surface area (Å²) in [5, 5.41) is 10.9. The molecule has 3 aromatic rings. The fraction of sp³-hybridized carbons (Fsp3) is 0.0667. The number of rotatable bonds is 2. The number of aliphatic carboxylic acids is 1. The van der Waals surface area contributed by atoms with Crippen molar-refractivity contribution < 1.29 is 9.90 Å².